The fourth-order valence-electron chi connectivity index (χ4n) is 8.13. The molecule has 5 heteroatoms. The number of nitrogens with zero attached hydrogens (tertiary/aromatic N) is 4. The first-order chi connectivity index (χ1) is 27.8. The number of para-hydroxylation sites is 1. The van der Waals surface area contributed by atoms with Crippen molar-refractivity contribution in [2.24, 2.45) is 0 Å². The standard InChI is InChI=1S/C51H32N4S/c1-4-15-33(16-5-1)34-29-31-37(32-30-34)55-43-26-11-10-21-39(43)46-41(24-13-27-44(46)55)50-52-49(36-19-8-3-9-20-36)53-51(54-50)42-25-14-28-45-47(42)40-23-12-22-38(48(40)56-45)35-17-6-2-7-18-35/h1-32H. The molecule has 0 aliphatic carbocycles. The number of benzene rings is 8. The van der Waals surface area contributed by atoms with Crippen molar-refractivity contribution in [1.29, 1.82) is 0 Å². The van der Waals surface area contributed by atoms with Gasteiger partial charge in [-0.2, -0.15) is 0 Å². The number of aromatic nitrogens is 4. The van der Waals surface area contributed by atoms with Gasteiger partial charge in [0.05, 0.1) is 11.0 Å². The highest BCUT2D eigenvalue weighted by Crippen LogP contribution is 2.44. The van der Waals surface area contributed by atoms with Gasteiger partial charge < -0.3 is 4.57 Å². The maximum absolute atomic E-state index is 5.37. The number of hydrogen-bond acceptors (Lipinski definition) is 4. The molecule has 0 unspecified atom stereocenters. The van der Waals surface area contributed by atoms with Crippen molar-refractivity contribution in [3.63, 3.8) is 0 Å². The van der Waals surface area contributed by atoms with Crippen LogP contribution in [0.2, 0.25) is 0 Å². The van der Waals surface area contributed by atoms with Gasteiger partial charge in [-0.05, 0) is 52.6 Å². The first-order valence-electron chi connectivity index (χ1n) is 18.8. The molecule has 0 aliphatic heterocycles. The Bertz CT molecular complexity index is 3220. The molecule has 0 aliphatic rings. The molecule has 262 valence electrons. The monoisotopic (exact) mass is 732 g/mol. The summed E-state index contributed by atoms with van der Waals surface area (Å²) in [6, 6.07) is 68.4. The van der Waals surface area contributed by atoms with E-state index in [4.69, 9.17) is 15.0 Å². The molecule has 0 N–H and O–H groups in total. The Morgan fingerprint density at radius 3 is 1.59 bits per heavy atom. The fraction of sp³-hybridized carbons (Fsp3) is 0. The first-order valence-corrected chi connectivity index (χ1v) is 19.6. The van der Waals surface area contributed by atoms with Gasteiger partial charge >= 0.3 is 0 Å². The maximum Gasteiger partial charge on any atom is 0.164 e. The number of rotatable bonds is 6. The summed E-state index contributed by atoms with van der Waals surface area (Å²) in [7, 11) is 0. The van der Waals surface area contributed by atoms with E-state index in [0.717, 1.165) is 49.6 Å². The summed E-state index contributed by atoms with van der Waals surface area (Å²) >= 11 is 1.82. The zero-order chi connectivity index (χ0) is 37.0. The van der Waals surface area contributed by atoms with Crippen LogP contribution in [0.3, 0.4) is 0 Å². The fourth-order valence-corrected chi connectivity index (χ4v) is 9.39. The summed E-state index contributed by atoms with van der Waals surface area (Å²) in [6.07, 6.45) is 0. The molecule has 4 nitrogen and oxygen atoms in total. The largest absolute Gasteiger partial charge is 0.309 e. The molecule has 0 radical (unpaired) electrons. The lowest BCUT2D eigenvalue weighted by Gasteiger charge is -2.11. The van der Waals surface area contributed by atoms with Crippen LogP contribution in [0.15, 0.2) is 194 Å². The molecular formula is C51H32N4S. The Morgan fingerprint density at radius 2 is 0.857 bits per heavy atom. The Kier molecular flexibility index (Phi) is 7.64. The van der Waals surface area contributed by atoms with Gasteiger partial charge in [-0.3, -0.25) is 0 Å². The summed E-state index contributed by atoms with van der Waals surface area (Å²) in [4.78, 5) is 15.8. The van der Waals surface area contributed by atoms with Gasteiger partial charge in [0.2, 0.25) is 0 Å². The molecule has 0 saturated heterocycles. The van der Waals surface area contributed by atoms with Crippen molar-refractivity contribution in [1.82, 2.24) is 19.5 Å². The summed E-state index contributed by atoms with van der Waals surface area (Å²) in [5.74, 6) is 1.94. The maximum atomic E-state index is 5.37. The molecule has 11 rings (SSSR count). The Hall–Kier alpha value is -7.21. The van der Waals surface area contributed by atoms with Gasteiger partial charge in [-0.25, -0.2) is 15.0 Å². The highest BCUT2D eigenvalue weighted by molar-refractivity contribution is 7.26. The van der Waals surface area contributed by atoms with Gasteiger partial charge in [0.25, 0.3) is 0 Å². The summed E-state index contributed by atoms with van der Waals surface area (Å²) in [5.41, 5.74) is 11.1. The minimum absolute atomic E-state index is 0.642. The summed E-state index contributed by atoms with van der Waals surface area (Å²) in [6.45, 7) is 0. The molecule has 0 saturated carbocycles. The zero-order valence-corrected chi connectivity index (χ0v) is 31.0. The number of thiophene rings is 1. The second-order valence-corrected chi connectivity index (χ2v) is 15.0. The van der Waals surface area contributed by atoms with Crippen LogP contribution in [0, 0.1) is 0 Å². The molecule has 0 spiro atoms. The van der Waals surface area contributed by atoms with Crippen molar-refractivity contribution < 1.29 is 0 Å². The quantitative estimate of drug-likeness (QED) is 0.171. The lowest BCUT2D eigenvalue weighted by molar-refractivity contribution is 1.08. The van der Waals surface area contributed by atoms with Crippen LogP contribution in [-0.4, -0.2) is 19.5 Å². The van der Waals surface area contributed by atoms with Crippen LogP contribution < -0.4 is 0 Å². The Labute approximate surface area is 327 Å². The summed E-state index contributed by atoms with van der Waals surface area (Å²) < 4.78 is 4.81. The van der Waals surface area contributed by atoms with Crippen molar-refractivity contribution in [3.8, 4) is 62.1 Å². The van der Waals surface area contributed by atoms with Crippen molar-refractivity contribution >= 4 is 53.3 Å². The molecule has 3 aromatic heterocycles. The van der Waals surface area contributed by atoms with E-state index >= 15 is 0 Å². The smallest absolute Gasteiger partial charge is 0.164 e. The van der Waals surface area contributed by atoms with Gasteiger partial charge in [-0.1, -0.05) is 164 Å². The average Bonchev–Trinajstić information content (AvgIpc) is 3.83. The van der Waals surface area contributed by atoms with E-state index in [0.29, 0.717) is 17.5 Å². The summed E-state index contributed by atoms with van der Waals surface area (Å²) in [5, 5.41) is 4.62. The molecule has 3 heterocycles. The lowest BCUT2D eigenvalue weighted by Crippen LogP contribution is -2.01. The van der Waals surface area contributed by atoms with Crippen LogP contribution in [0.1, 0.15) is 0 Å². The van der Waals surface area contributed by atoms with E-state index in [9.17, 15) is 0 Å². The molecule has 0 amide bonds. The normalized spacial score (nSPS) is 11.6. The molecule has 0 atom stereocenters. The zero-order valence-electron chi connectivity index (χ0n) is 30.2. The van der Waals surface area contributed by atoms with Gasteiger partial charge in [0.15, 0.2) is 17.5 Å². The minimum atomic E-state index is 0.642. The Balaban J connectivity index is 1.14. The van der Waals surface area contributed by atoms with Gasteiger partial charge in [0, 0.05) is 53.3 Å². The second kappa shape index (κ2) is 13.3. The van der Waals surface area contributed by atoms with Crippen LogP contribution in [0.5, 0.6) is 0 Å². The molecule has 0 bridgehead atoms. The minimum Gasteiger partial charge on any atom is -0.309 e. The van der Waals surface area contributed by atoms with E-state index in [1.807, 2.05) is 29.5 Å². The van der Waals surface area contributed by atoms with E-state index in [1.165, 1.54) is 37.0 Å². The van der Waals surface area contributed by atoms with Gasteiger partial charge in [-0.15, -0.1) is 11.3 Å². The van der Waals surface area contributed by atoms with E-state index in [2.05, 4.69) is 180 Å². The molecule has 56 heavy (non-hydrogen) atoms. The topological polar surface area (TPSA) is 43.6 Å². The van der Waals surface area contributed by atoms with Crippen LogP contribution in [0.4, 0.5) is 0 Å². The highest BCUT2D eigenvalue weighted by atomic mass is 32.1. The molecular weight excluding hydrogens is 701 g/mol. The predicted octanol–water partition coefficient (Wildman–Crippen LogP) is 13.7. The molecule has 8 aromatic carbocycles. The predicted molar refractivity (Wildman–Crippen MR) is 234 cm³/mol. The lowest BCUT2D eigenvalue weighted by atomic mass is 10.0. The van der Waals surface area contributed by atoms with E-state index in [-0.39, 0.29) is 0 Å². The van der Waals surface area contributed by atoms with Crippen molar-refractivity contribution in [3.05, 3.63) is 194 Å². The highest BCUT2D eigenvalue weighted by Gasteiger charge is 2.21. The third-order valence-corrected chi connectivity index (χ3v) is 11.9. The van der Waals surface area contributed by atoms with Gasteiger partial charge in [0.1, 0.15) is 0 Å². The molecule has 11 aromatic rings. The number of hydrogen-bond donors (Lipinski definition) is 0. The van der Waals surface area contributed by atoms with E-state index < -0.39 is 0 Å². The van der Waals surface area contributed by atoms with Crippen molar-refractivity contribution in [2.75, 3.05) is 0 Å². The van der Waals surface area contributed by atoms with E-state index in [1.54, 1.807) is 0 Å². The average molecular weight is 733 g/mol. The van der Waals surface area contributed by atoms with Crippen LogP contribution >= 0.6 is 11.3 Å². The third kappa shape index (κ3) is 5.32. The molecule has 0 fully saturated rings. The third-order valence-electron chi connectivity index (χ3n) is 10.7. The van der Waals surface area contributed by atoms with Crippen LogP contribution in [-0.2, 0) is 0 Å². The second-order valence-electron chi connectivity index (χ2n) is 14.0. The number of fused-ring (bicyclic) bond motifs is 6. The van der Waals surface area contributed by atoms with Crippen LogP contribution in [0.25, 0.3) is 104 Å². The Morgan fingerprint density at radius 1 is 0.339 bits per heavy atom. The SMILES string of the molecule is c1ccc(-c2ccc(-n3c4ccccc4c4c(-c5nc(-c6ccccc6)nc(-c6cccc7sc8c(-c9ccccc9)cccc8c67)n5)cccc43)cc2)cc1. The van der Waals surface area contributed by atoms with Crippen molar-refractivity contribution in [2.45, 2.75) is 0 Å². The first kappa shape index (κ1) is 32.2.